The molecule has 2 N–H and O–H groups in total. The first-order chi connectivity index (χ1) is 13.8. The van der Waals surface area contributed by atoms with Crippen LogP contribution in [0.15, 0.2) is 72.8 Å². The lowest BCUT2D eigenvalue weighted by atomic mass is 9.94. The standard InChI is InChI=1S/C24H21ClN2O/c25-18-10-8-16(9-11-18)15-28-19-5-3-4-17(14-19)23-24-21(12-13-26-23)20-6-1-2-7-22(20)27-24/h1-11,14,23,26-27H,12-13,15H2. The van der Waals surface area contributed by atoms with Crippen LogP contribution in [0, 0.1) is 0 Å². The van der Waals surface area contributed by atoms with E-state index in [1.165, 1.54) is 27.7 Å². The summed E-state index contributed by atoms with van der Waals surface area (Å²) in [6, 6.07) is 24.8. The van der Waals surface area contributed by atoms with E-state index >= 15 is 0 Å². The van der Waals surface area contributed by atoms with Crippen molar-refractivity contribution in [2.75, 3.05) is 6.54 Å². The van der Waals surface area contributed by atoms with E-state index < -0.39 is 0 Å². The Bertz CT molecular complexity index is 1120. The van der Waals surface area contributed by atoms with Gasteiger partial charge in [0, 0.05) is 28.2 Å². The Hall–Kier alpha value is -2.75. The number of fused-ring (bicyclic) bond motifs is 3. The molecule has 140 valence electrons. The van der Waals surface area contributed by atoms with Crippen LogP contribution in [0.3, 0.4) is 0 Å². The lowest BCUT2D eigenvalue weighted by Crippen LogP contribution is -2.30. The second-order valence-electron chi connectivity index (χ2n) is 7.19. The Morgan fingerprint density at radius 2 is 1.82 bits per heavy atom. The third-order valence-electron chi connectivity index (χ3n) is 5.37. The quantitative estimate of drug-likeness (QED) is 0.475. The summed E-state index contributed by atoms with van der Waals surface area (Å²) in [6.45, 7) is 1.49. The number of halogens is 1. The van der Waals surface area contributed by atoms with Crippen molar-refractivity contribution in [1.82, 2.24) is 10.3 Å². The highest BCUT2D eigenvalue weighted by atomic mass is 35.5. The number of rotatable bonds is 4. The van der Waals surface area contributed by atoms with E-state index in [9.17, 15) is 0 Å². The van der Waals surface area contributed by atoms with Gasteiger partial charge >= 0.3 is 0 Å². The van der Waals surface area contributed by atoms with Gasteiger partial charge in [0.15, 0.2) is 0 Å². The Morgan fingerprint density at radius 3 is 2.71 bits per heavy atom. The molecule has 1 aliphatic heterocycles. The van der Waals surface area contributed by atoms with Gasteiger partial charge in [-0.15, -0.1) is 0 Å². The molecule has 2 heterocycles. The lowest BCUT2D eigenvalue weighted by molar-refractivity contribution is 0.305. The zero-order valence-corrected chi connectivity index (χ0v) is 16.2. The van der Waals surface area contributed by atoms with Crippen molar-refractivity contribution in [3.05, 3.63) is 100 Å². The van der Waals surface area contributed by atoms with Crippen LogP contribution >= 0.6 is 11.6 Å². The third-order valence-corrected chi connectivity index (χ3v) is 5.62. The van der Waals surface area contributed by atoms with E-state index in [1.807, 2.05) is 30.3 Å². The Labute approximate surface area is 169 Å². The highest BCUT2D eigenvalue weighted by Gasteiger charge is 2.25. The number of aromatic amines is 1. The molecular weight excluding hydrogens is 368 g/mol. The molecule has 1 aliphatic rings. The normalized spacial score (nSPS) is 16.1. The first kappa shape index (κ1) is 17.4. The summed E-state index contributed by atoms with van der Waals surface area (Å²) in [5.74, 6) is 0.873. The highest BCUT2D eigenvalue weighted by molar-refractivity contribution is 6.30. The summed E-state index contributed by atoms with van der Waals surface area (Å²) < 4.78 is 6.03. The van der Waals surface area contributed by atoms with Crippen molar-refractivity contribution < 1.29 is 4.74 Å². The van der Waals surface area contributed by atoms with Crippen LogP contribution in [0.5, 0.6) is 5.75 Å². The number of nitrogens with one attached hydrogen (secondary N) is 2. The topological polar surface area (TPSA) is 37.0 Å². The van der Waals surface area contributed by atoms with Gasteiger partial charge in [-0.3, -0.25) is 0 Å². The Kier molecular flexibility index (Phi) is 4.55. The van der Waals surface area contributed by atoms with Gasteiger partial charge in [0.2, 0.25) is 0 Å². The maximum Gasteiger partial charge on any atom is 0.120 e. The van der Waals surface area contributed by atoms with Gasteiger partial charge in [-0.1, -0.05) is 54.1 Å². The number of hydrogen-bond donors (Lipinski definition) is 2. The van der Waals surface area contributed by atoms with E-state index in [1.54, 1.807) is 0 Å². The van der Waals surface area contributed by atoms with Crippen molar-refractivity contribution in [3.8, 4) is 5.75 Å². The highest BCUT2D eigenvalue weighted by Crippen LogP contribution is 2.34. The molecule has 0 amide bonds. The fourth-order valence-electron chi connectivity index (χ4n) is 4.00. The van der Waals surface area contributed by atoms with Crippen LogP contribution < -0.4 is 10.1 Å². The number of para-hydroxylation sites is 1. The second-order valence-corrected chi connectivity index (χ2v) is 7.62. The monoisotopic (exact) mass is 388 g/mol. The van der Waals surface area contributed by atoms with Crippen LogP contribution in [-0.2, 0) is 13.0 Å². The molecule has 4 heteroatoms. The average Bonchev–Trinajstić information content (AvgIpc) is 3.12. The Morgan fingerprint density at radius 1 is 0.964 bits per heavy atom. The van der Waals surface area contributed by atoms with Gasteiger partial charge < -0.3 is 15.0 Å². The molecule has 0 spiro atoms. The fourth-order valence-corrected chi connectivity index (χ4v) is 4.12. The van der Waals surface area contributed by atoms with E-state index in [0.717, 1.165) is 29.3 Å². The third kappa shape index (κ3) is 3.28. The average molecular weight is 389 g/mol. The summed E-state index contributed by atoms with van der Waals surface area (Å²) in [4.78, 5) is 3.63. The molecule has 0 saturated carbocycles. The van der Waals surface area contributed by atoms with Crippen LogP contribution in [0.2, 0.25) is 5.02 Å². The molecule has 1 aromatic heterocycles. The van der Waals surface area contributed by atoms with Gasteiger partial charge in [-0.25, -0.2) is 0 Å². The minimum Gasteiger partial charge on any atom is -0.489 e. The van der Waals surface area contributed by atoms with Gasteiger partial charge in [0.25, 0.3) is 0 Å². The number of H-pyrrole nitrogens is 1. The van der Waals surface area contributed by atoms with E-state index in [2.05, 4.69) is 52.8 Å². The largest absolute Gasteiger partial charge is 0.489 e. The number of ether oxygens (including phenoxy) is 1. The molecule has 0 fully saturated rings. The fraction of sp³-hybridized carbons (Fsp3) is 0.167. The van der Waals surface area contributed by atoms with Crippen LogP contribution in [-0.4, -0.2) is 11.5 Å². The summed E-state index contributed by atoms with van der Waals surface area (Å²) in [6.07, 6.45) is 1.04. The second kappa shape index (κ2) is 7.34. The van der Waals surface area contributed by atoms with Crippen LogP contribution in [0.25, 0.3) is 10.9 Å². The Balaban J connectivity index is 1.42. The van der Waals surface area contributed by atoms with Crippen molar-refractivity contribution in [1.29, 1.82) is 0 Å². The van der Waals surface area contributed by atoms with Crippen LogP contribution in [0.4, 0.5) is 0 Å². The summed E-state index contributed by atoms with van der Waals surface area (Å²) >= 11 is 5.96. The van der Waals surface area contributed by atoms with Gasteiger partial charge in [-0.05, 0) is 53.4 Å². The molecule has 1 atom stereocenters. The predicted octanol–water partition coefficient (Wildman–Crippen LogP) is 5.64. The van der Waals surface area contributed by atoms with Crippen molar-refractivity contribution in [3.63, 3.8) is 0 Å². The minimum atomic E-state index is 0.148. The lowest BCUT2D eigenvalue weighted by Gasteiger charge is -2.25. The SMILES string of the molecule is Clc1ccc(COc2cccc(C3NCCc4c3[nH]c3ccccc43)c2)cc1. The number of aromatic nitrogens is 1. The summed E-state index contributed by atoms with van der Waals surface area (Å²) in [5.41, 5.74) is 6.20. The molecular formula is C24H21ClN2O. The van der Waals surface area contributed by atoms with E-state index in [0.29, 0.717) is 6.61 Å². The van der Waals surface area contributed by atoms with Crippen molar-refractivity contribution in [2.24, 2.45) is 0 Å². The van der Waals surface area contributed by atoms with Gasteiger partial charge in [0.05, 0.1) is 6.04 Å². The summed E-state index contributed by atoms with van der Waals surface area (Å²) in [7, 11) is 0. The number of benzene rings is 3. The molecule has 1 unspecified atom stereocenters. The number of hydrogen-bond acceptors (Lipinski definition) is 2. The molecule has 5 rings (SSSR count). The van der Waals surface area contributed by atoms with Gasteiger partial charge in [-0.2, -0.15) is 0 Å². The first-order valence-electron chi connectivity index (χ1n) is 9.58. The van der Waals surface area contributed by atoms with Crippen molar-refractivity contribution in [2.45, 2.75) is 19.1 Å². The predicted molar refractivity (Wildman–Crippen MR) is 114 cm³/mol. The maximum atomic E-state index is 6.03. The molecule has 28 heavy (non-hydrogen) atoms. The summed E-state index contributed by atoms with van der Waals surface area (Å²) in [5, 5.41) is 5.73. The first-order valence-corrected chi connectivity index (χ1v) is 9.96. The molecule has 3 nitrogen and oxygen atoms in total. The molecule has 4 aromatic rings. The zero-order chi connectivity index (χ0) is 18.9. The maximum absolute atomic E-state index is 6.03. The van der Waals surface area contributed by atoms with Crippen molar-refractivity contribution >= 4 is 22.5 Å². The van der Waals surface area contributed by atoms with E-state index in [-0.39, 0.29) is 6.04 Å². The van der Waals surface area contributed by atoms with Crippen LogP contribution in [0.1, 0.15) is 28.4 Å². The smallest absolute Gasteiger partial charge is 0.120 e. The molecule has 0 saturated heterocycles. The molecule has 0 aliphatic carbocycles. The molecule has 0 bridgehead atoms. The zero-order valence-electron chi connectivity index (χ0n) is 15.4. The minimum absolute atomic E-state index is 0.148. The van der Waals surface area contributed by atoms with E-state index in [4.69, 9.17) is 16.3 Å². The molecule has 0 radical (unpaired) electrons. The van der Waals surface area contributed by atoms with Gasteiger partial charge in [0.1, 0.15) is 12.4 Å². The molecule has 3 aromatic carbocycles.